The van der Waals surface area contributed by atoms with Crippen LogP contribution in [0.15, 0.2) is 48.5 Å². The van der Waals surface area contributed by atoms with Gasteiger partial charge in [-0.15, -0.1) is 0 Å². The van der Waals surface area contributed by atoms with E-state index in [1.807, 2.05) is 0 Å². The molecule has 2 aromatic rings. The number of para-hydroxylation sites is 1. The minimum Gasteiger partial charge on any atom is -0.455 e. The molecule has 5 atom stereocenters. The number of rotatable bonds is 6. The van der Waals surface area contributed by atoms with Crippen molar-refractivity contribution >= 4 is 11.4 Å². The van der Waals surface area contributed by atoms with Crippen molar-refractivity contribution in [2.24, 2.45) is 0 Å². The number of ether oxygens (including phenoxy) is 2. The normalized spacial score (nSPS) is 28.7. The predicted molar refractivity (Wildman–Crippen MR) is 98.5 cm³/mol. The zero-order valence-corrected chi connectivity index (χ0v) is 15.3. The van der Waals surface area contributed by atoms with Crippen molar-refractivity contribution in [3.05, 3.63) is 74.3 Å². The quantitative estimate of drug-likeness (QED) is 0.370. The van der Waals surface area contributed by atoms with Crippen molar-refractivity contribution in [3.8, 4) is 5.75 Å². The van der Waals surface area contributed by atoms with E-state index in [0.29, 0.717) is 0 Å². The lowest BCUT2D eigenvalue weighted by atomic mass is 9.87. The molecule has 1 aliphatic rings. The highest BCUT2D eigenvalue weighted by molar-refractivity contribution is 5.45. The van der Waals surface area contributed by atoms with Crippen LogP contribution in [0.2, 0.25) is 0 Å². The molecule has 1 fully saturated rings. The number of nitro groups is 2. The molecule has 1 saturated heterocycles. The molecular weight excluding hydrogens is 404 g/mol. The lowest BCUT2D eigenvalue weighted by molar-refractivity contribution is -0.394. The van der Waals surface area contributed by atoms with Crippen molar-refractivity contribution in [2.75, 3.05) is 6.61 Å². The highest BCUT2D eigenvalue weighted by atomic mass is 16.7. The van der Waals surface area contributed by atoms with Gasteiger partial charge in [-0.3, -0.25) is 20.2 Å². The molecule has 0 bridgehead atoms. The van der Waals surface area contributed by atoms with Crippen LogP contribution in [0.25, 0.3) is 0 Å². The maximum Gasteiger partial charge on any atom is 0.279 e. The second kappa shape index (κ2) is 8.30. The van der Waals surface area contributed by atoms with Gasteiger partial charge in [0, 0.05) is 18.2 Å². The van der Waals surface area contributed by atoms with Crippen molar-refractivity contribution < 1.29 is 39.7 Å². The molecule has 3 rings (SSSR count). The minimum absolute atomic E-state index is 0.0851. The molecule has 0 saturated carbocycles. The Bertz CT molecular complexity index is 935. The zero-order valence-electron chi connectivity index (χ0n) is 15.3. The van der Waals surface area contributed by atoms with Crippen molar-refractivity contribution in [1.29, 1.82) is 0 Å². The molecule has 0 unspecified atom stereocenters. The van der Waals surface area contributed by atoms with Gasteiger partial charge in [-0.2, -0.15) is 0 Å². The van der Waals surface area contributed by atoms with E-state index >= 15 is 0 Å². The number of aliphatic hydroxyl groups is 4. The maximum absolute atomic E-state index is 11.6. The first-order valence-corrected chi connectivity index (χ1v) is 8.71. The Morgan fingerprint density at radius 3 is 2.17 bits per heavy atom. The SMILES string of the molecule is O=[N+]([O-])c1ccc(O[C@@]2(c3ccccc3[N+](=O)[O-])O[C@H](CO)[C@@H](O)[C@H](O)[C@H]2O)cc1. The lowest BCUT2D eigenvalue weighted by Crippen LogP contribution is -2.65. The summed E-state index contributed by atoms with van der Waals surface area (Å²) < 4.78 is 11.3. The van der Waals surface area contributed by atoms with Gasteiger partial charge in [0.05, 0.1) is 16.5 Å². The molecule has 1 heterocycles. The van der Waals surface area contributed by atoms with E-state index < -0.39 is 52.3 Å². The largest absolute Gasteiger partial charge is 0.455 e. The molecule has 12 nitrogen and oxygen atoms in total. The predicted octanol–water partition coefficient (Wildman–Crippen LogP) is 0.209. The Morgan fingerprint density at radius 1 is 0.967 bits per heavy atom. The number of non-ortho nitro benzene ring substituents is 1. The van der Waals surface area contributed by atoms with E-state index in [1.165, 1.54) is 30.3 Å². The molecule has 0 radical (unpaired) electrons. The lowest BCUT2D eigenvalue weighted by Gasteiger charge is -2.47. The Labute approximate surface area is 168 Å². The Kier molecular flexibility index (Phi) is 5.96. The topological polar surface area (TPSA) is 186 Å². The van der Waals surface area contributed by atoms with Crippen LogP contribution < -0.4 is 4.74 Å². The maximum atomic E-state index is 11.6. The third-order valence-electron chi connectivity index (χ3n) is 4.74. The highest BCUT2D eigenvalue weighted by Gasteiger charge is 2.58. The van der Waals surface area contributed by atoms with Gasteiger partial charge < -0.3 is 29.9 Å². The molecule has 12 heteroatoms. The fourth-order valence-corrected chi connectivity index (χ4v) is 3.24. The van der Waals surface area contributed by atoms with E-state index in [0.717, 1.165) is 18.2 Å². The molecule has 0 spiro atoms. The second-order valence-corrected chi connectivity index (χ2v) is 6.56. The summed E-state index contributed by atoms with van der Waals surface area (Å²) in [6.07, 6.45) is -7.08. The van der Waals surface area contributed by atoms with Crippen LogP contribution in [0.3, 0.4) is 0 Å². The van der Waals surface area contributed by atoms with Gasteiger partial charge in [0.1, 0.15) is 29.6 Å². The molecule has 0 aliphatic carbocycles. The second-order valence-electron chi connectivity index (χ2n) is 6.56. The fraction of sp³-hybridized carbons (Fsp3) is 0.333. The molecule has 1 aliphatic heterocycles. The van der Waals surface area contributed by atoms with Crippen LogP contribution >= 0.6 is 0 Å². The summed E-state index contributed by atoms with van der Waals surface area (Å²) in [6.45, 7) is -0.795. The number of hydrogen-bond acceptors (Lipinski definition) is 10. The van der Waals surface area contributed by atoms with E-state index in [2.05, 4.69) is 0 Å². The van der Waals surface area contributed by atoms with Crippen LogP contribution in [0.1, 0.15) is 5.56 Å². The smallest absolute Gasteiger partial charge is 0.279 e. The monoisotopic (exact) mass is 422 g/mol. The van der Waals surface area contributed by atoms with Gasteiger partial charge in [-0.25, -0.2) is 0 Å². The molecular formula is C18H18N2O10. The highest BCUT2D eigenvalue weighted by Crippen LogP contribution is 2.43. The number of hydrogen-bond donors (Lipinski definition) is 4. The third kappa shape index (κ3) is 3.69. The van der Waals surface area contributed by atoms with E-state index in [9.17, 15) is 40.7 Å². The van der Waals surface area contributed by atoms with Gasteiger partial charge in [0.2, 0.25) is 0 Å². The first-order valence-electron chi connectivity index (χ1n) is 8.71. The molecule has 0 aromatic heterocycles. The molecule has 4 N–H and O–H groups in total. The van der Waals surface area contributed by atoms with Crippen molar-refractivity contribution in [3.63, 3.8) is 0 Å². The summed E-state index contributed by atoms with van der Waals surface area (Å²) in [5.41, 5.74) is -1.06. The van der Waals surface area contributed by atoms with Crippen molar-refractivity contribution in [1.82, 2.24) is 0 Å². The first-order chi connectivity index (χ1) is 14.2. The number of aliphatic hydroxyl groups excluding tert-OH is 4. The molecule has 0 amide bonds. The summed E-state index contributed by atoms with van der Waals surface area (Å²) in [5, 5.41) is 63.1. The average molecular weight is 422 g/mol. The van der Waals surface area contributed by atoms with E-state index in [4.69, 9.17) is 9.47 Å². The summed E-state index contributed by atoms with van der Waals surface area (Å²) in [4.78, 5) is 21.0. The Morgan fingerprint density at radius 2 is 1.60 bits per heavy atom. The molecule has 2 aromatic carbocycles. The Balaban J connectivity index is 2.16. The van der Waals surface area contributed by atoms with Gasteiger partial charge >= 0.3 is 0 Å². The average Bonchev–Trinajstić information content (AvgIpc) is 2.74. The fourth-order valence-electron chi connectivity index (χ4n) is 3.24. The van der Waals surface area contributed by atoms with Gasteiger partial charge in [0.15, 0.2) is 6.10 Å². The van der Waals surface area contributed by atoms with Crippen LogP contribution in [0.5, 0.6) is 5.75 Å². The summed E-state index contributed by atoms with van der Waals surface area (Å²) >= 11 is 0. The van der Waals surface area contributed by atoms with Crippen LogP contribution in [-0.4, -0.2) is 61.3 Å². The van der Waals surface area contributed by atoms with Gasteiger partial charge in [-0.1, -0.05) is 12.1 Å². The number of nitro benzene ring substituents is 2. The first kappa shape index (κ1) is 21.5. The van der Waals surface area contributed by atoms with E-state index in [1.54, 1.807) is 0 Å². The van der Waals surface area contributed by atoms with Gasteiger partial charge in [-0.05, 0) is 18.2 Å². The third-order valence-corrected chi connectivity index (χ3v) is 4.74. The minimum atomic E-state index is -2.41. The van der Waals surface area contributed by atoms with Crippen LogP contribution in [0.4, 0.5) is 11.4 Å². The van der Waals surface area contributed by atoms with Crippen LogP contribution in [-0.2, 0) is 10.5 Å². The van der Waals surface area contributed by atoms with E-state index in [-0.39, 0.29) is 17.0 Å². The standard InChI is InChI=1S/C18H18N2O10/c21-9-14-15(22)16(23)17(24)18(30-14,12-3-1-2-4-13(12)20(27)28)29-11-7-5-10(6-8-11)19(25)26/h1-8,14-17,21-24H,9H2/t14-,15-,16+,17-,18+/m1/s1. The Hall–Kier alpha value is -3.16. The summed E-state index contributed by atoms with van der Waals surface area (Å²) in [7, 11) is 0. The number of nitrogens with zero attached hydrogens (tertiary/aromatic N) is 2. The molecule has 160 valence electrons. The summed E-state index contributed by atoms with van der Waals surface area (Å²) in [6, 6.07) is 9.68. The number of benzene rings is 2. The summed E-state index contributed by atoms with van der Waals surface area (Å²) in [5.74, 6) is -2.50. The van der Waals surface area contributed by atoms with Crippen molar-refractivity contribution in [2.45, 2.75) is 30.2 Å². The molecule has 30 heavy (non-hydrogen) atoms. The zero-order chi connectivity index (χ0) is 22.1. The van der Waals surface area contributed by atoms with Gasteiger partial charge in [0.25, 0.3) is 17.2 Å². The van der Waals surface area contributed by atoms with Crippen LogP contribution in [0, 0.1) is 20.2 Å².